The fourth-order valence-electron chi connectivity index (χ4n) is 0.322. The van der Waals surface area contributed by atoms with Gasteiger partial charge in [0.1, 0.15) is 0 Å². The monoisotopic (exact) mass is 260 g/mol. The molecule has 0 aromatic rings. The predicted molar refractivity (Wildman–Crippen MR) is 72.0 cm³/mol. The zero-order valence-corrected chi connectivity index (χ0v) is 11.8. The quantitative estimate of drug-likeness (QED) is 0.442. The third kappa shape index (κ3) is 16.8. The lowest BCUT2D eigenvalue weighted by Gasteiger charge is -2.18. The molecule has 3 N–H and O–H groups in total. The highest BCUT2D eigenvalue weighted by molar-refractivity contribution is 5.84. The molecule has 1 unspecified atom stereocenters. The third-order valence-electron chi connectivity index (χ3n) is 1.55. The Hall–Kier alpha value is -1.66. The van der Waals surface area contributed by atoms with E-state index in [0.29, 0.717) is 0 Å². The van der Waals surface area contributed by atoms with Gasteiger partial charge in [0.25, 0.3) is 0 Å². The van der Waals surface area contributed by atoms with Gasteiger partial charge in [0.15, 0.2) is 6.23 Å². The number of carbonyl (C=O) groups excluding carboxylic acids is 1. The third-order valence-corrected chi connectivity index (χ3v) is 1.55. The van der Waals surface area contributed by atoms with Crippen molar-refractivity contribution in [2.24, 2.45) is 5.73 Å². The summed E-state index contributed by atoms with van der Waals surface area (Å²) in [6, 6.07) is 0. The van der Waals surface area contributed by atoms with Gasteiger partial charge in [-0.1, -0.05) is 13.2 Å². The summed E-state index contributed by atoms with van der Waals surface area (Å²) in [7, 11) is 5.17. The molecule has 0 aliphatic rings. The molecule has 0 spiro atoms. The Morgan fingerprint density at radius 3 is 1.89 bits per heavy atom. The number of nitrogens with two attached hydrogens (primary N) is 1. The molecule has 0 aliphatic heterocycles. The number of carboxylic acid groups (broad SMARTS) is 1. The van der Waals surface area contributed by atoms with Crippen LogP contribution in [0.15, 0.2) is 24.8 Å². The number of ether oxygens (including phenoxy) is 1. The highest BCUT2D eigenvalue weighted by Crippen LogP contribution is 1.94. The average molecular weight is 260 g/mol. The molecule has 0 amide bonds. The molecule has 6 heteroatoms. The summed E-state index contributed by atoms with van der Waals surface area (Å²) in [6.45, 7) is 9.67. The number of aliphatic carboxylic acids is 1. The smallest absolute Gasteiger partial charge is 0.331 e. The molecule has 0 aromatic carbocycles. The Balaban J connectivity index is -0.000000241. The van der Waals surface area contributed by atoms with Crippen LogP contribution >= 0.6 is 0 Å². The SMILES string of the molecule is C=C(C)C(=O)O.C=CC(=O)OC(C)N(C)C.CN. The maximum absolute atomic E-state index is 10.6. The molecule has 0 fully saturated rings. The minimum atomic E-state index is -0.935. The normalized spacial score (nSPS) is 9.94. The van der Waals surface area contributed by atoms with Crippen LogP contribution in [-0.4, -0.2) is 49.3 Å². The summed E-state index contributed by atoms with van der Waals surface area (Å²) in [6.07, 6.45) is 0.963. The first kappa shape index (κ1) is 21.6. The van der Waals surface area contributed by atoms with Crippen LogP contribution in [0.3, 0.4) is 0 Å². The predicted octanol–water partition coefficient (Wildman–Crippen LogP) is 0.845. The molecule has 0 saturated carbocycles. The number of hydrogen-bond donors (Lipinski definition) is 2. The van der Waals surface area contributed by atoms with Crippen molar-refractivity contribution in [1.29, 1.82) is 0 Å². The lowest BCUT2D eigenvalue weighted by atomic mass is 10.4. The molecule has 0 aromatic heterocycles. The van der Waals surface area contributed by atoms with Gasteiger partial charge < -0.3 is 15.6 Å². The summed E-state index contributed by atoms with van der Waals surface area (Å²) in [5, 5.41) is 7.89. The van der Waals surface area contributed by atoms with Crippen molar-refractivity contribution in [3.05, 3.63) is 24.8 Å². The second kappa shape index (κ2) is 13.4. The van der Waals surface area contributed by atoms with Crippen molar-refractivity contribution < 1.29 is 19.4 Å². The Bertz CT molecular complexity index is 263. The maximum atomic E-state index is 10.6. The van der Waals surface area contributed by atoms with E-state index < -0.39 is 5.97 Å². The van der Waals surface area contributed by atoms with Crippen molar-refractivity contribution in [3.63, 3.8) is 0 Å². The number of esters is 1. The molecule has 0 radical (unpaired) electrons. The van der Waals surface area contributed by atoms with Gasteiger partial charge in [0, 0.05) is 11.6 Å². The minimum Gasteiger partial charge on any atom is -0.478 e. The average Bonchev–Trinajstić information content (AvgIpc) is 2.31. The largest absolute Gasteiger partial charge is 0.478 e. The van der Waals surface area contributed by atoms with Gasteiger partial charge >= 0.3 is 11.9 Å². The molecule has 0 rings (SSSR count). The molecule has 0 heterocycles. The maximum Gasteiger partial charge on any atom is 0.331 e. The van der Waals surface area contributed by atoms with E-state index in [1.54, 1.807) is 11.8 Å². The molecule has 0 bridgehead atoms. The summed E-state index contributed by atoms with van der Waals surface area (Å²) in [4.78, 5) is 22.0. The van der Waals surface area contributed by atoms with Crippen molar-refractivity contribution >= 4 is 11.9 Å². The first-order valence-corrected chi connectivity index (χ1v) is 5.18. The summed E-state index contributed by atoms with van der Waals surface area (Å²) in [5.41, 5.74) is 4.68. The van der Waals surface area contributed by atoms with Crippen LogP contribution in [0.25, 0.3) is 0 Å². The van der Waals surface area contributed by atoms with E-state index in [9.17, 15) is 9.59 Å². The summed E-state index contributed by atoms with van der Waals surface area (Å²) in [5.74, 6) is -1.32. The van der Waals surface area contributed by atoms with Crippen LogP contribution in [-0.2, 0) is 14.3 Å². The number of rotatable bonds is 4. The van der Waals surface area contributed by atoms with Crippen molar-refractivity contribution in [3.8, 4) is 0 Å². The Morgan fingerprint density at radius 1 is 1.39 bits per heavy atom. The van der Waals surface area contributed by atoms with E-state index >= 15 is 0 Å². The Morgan fingerprint density at radius 2 is 1.72 bits per heavy atom. The van der Waals surface area contributed by atoms with Crippen LogP contribution in [0.1, 0.15) is 13.8 Å². The number of nitrogens with zero attached hydrogens (tertiary/aromatic N) is 1. The van der Waals surface area contributed by atoms with Gasteiger partial charge in [-0.3, -0.25) is 4.90 Å². The lowest BCUT2D eigenvalue weighted by Crippen LogP contribution is -2.29. The van der Waals surface area contributed by atoms with Crippen LogP contribution in [0.4, 0.5) is 0 Å². The minimum absolute atomic E-state index is 0.176. The topological polar surface area (TPSA) is 92.9 Å². The van der Waals surface area contributed by atoms with E-state index in [1.165, 1.54) is 14.0 Å². The number of carboxylic acids is 1. The van der Waals surface area contributed by atoms with Gasteiger partial charge in [-0.15, -0.1) is 0 Å². The van der Waals surface area contributed by atoms with Gasteiger partial charge in [-0.2, -0.15) is 0 Å². The second-order valence-electron chi connectivity index (χ2n) is 3.29. The fraction of sp³-hybridized carbons (Fsp3) is 0.500. The molecule has 106 valence electrons. The zero-order valence-electron chi connectivity index (χ0n) is 11.8. The number of carbonyl (C=O) groups is 2. The fourth-order valence-corrected chi connectivity index (χ4v) is 0.322. The lowest BCUT2D eigenvalue weighted by molar-refractivity contribution is -0.149. The highest BCUT2D eigenvalue weighted by Gasteiger charge is 2.06. The van der Waals surface area contributed by atoms with E-state index in [2.05, 4.69) is 18.9 Å². The zero-order chi connectivity index (χ0) is 15.3. The van der Waals surface area contributed by atoms with E-state index in [1.807, 2.05) is 14.1 Å². The molecule has 1 atom stereocenters. The summed E-state index contributed by atoms with van der Waals surface area (Å²) < 4.78 is 4.83. The molecule has 6 nitrogen and oxygen atoms in total. The van der Waals surface area contributed by atoms with Gasteiger partial charge in [0.05, 0.1) is 0 Å². The van der Waals surface area contributed by atoms with E-state index in [-0.39, 0.29) is 17.8 Å². The molecular formula is C12H24N2O4. The van der Waals surface area contributed by atoms with Crippen molar-refractivity contribution in [2.45, 2.75) is 20.1 Å². The van der Waals surface area contributed by atoms with Gasteiger partial charge in [-0.05, 0) is 35.0 Å². The second-order valence-corrected chi connectivity index (χ2v) is 3.29. The molecule has 18 heavy (non-hydrogen) atoms. The Labute approximate surface area is 109 Å². The summed E-state index contributed by atoms with van der Waals surface area (Å²) >= 11 is 0. The first-order chi connectivity index (χ1) is 8.22. The standard InChI is InChI=1S/C7H13NO2.C4H6O2.CH5N/c1-5-7(9)10-6(2)8(3)4;1-3(2)4(5)6;1-2/h5-6H,1H2,2-4H3;1H2,2H3,(H,5,6);2H2,1H3. The van der Waals surface area contributed by atoms with Crippen LogP contribution in [0, 0.1) is 0 Å². The molecular weight excluding hydrogens is 236 g/mol. The van der Waals surface area contributed by atoms with Gasteiger partial charge in [0.2, 0.25) is 0 Å². The van der Waals surface area contributed by atoms with Gasteiger partial charge in [-0.25, -0.2) is 9.59 Å². The van der Waals surface area contributed by atoms with Crippen LogP contribution in [0.5, 0.6) is 0 Å². The van der Waals surface area contributed by atoms with E-state index in [4.69, 9.17) is 9.84 Å². The van der Waals surface area contributed by atoms with Crippen LogP contribution < -0.4 is 5.73 Å². The first-order valence-electron chi connectivity index (χ1n) is 5.18. The number of hydrogen-bond acceptors (Lipinski definition) is 5. The van der Waals surface area contributed by atoms with E-state index in [0.717, 1.165) is 6.08 Å². The van der Waals surface area contributed by atoms with Crippen LogP contribution in [0.2, 0.25) is 0 Å². The van der Waals surface area contributed by atoms with Crippen molar-refractivity contribution in [1.82, 2.24) is 4.90 Å². The Kier molecular flexibility index (Phi) is 16.1. The molecule has 0 aliphatic carbocycles. The molecule has 0 saturated heterocycles. The highest BCUT2D eigenvalue weighted by atomic mass is 16.6. The van der Waals surface area contributed by atoms with Crippen molar-refractivity contribution in [2.75, 3.05) is 21.1 Å².